The van der Waals surface area contributed by atoms with Crippen molar-refractivity contribution in [2.24, 2.45) is 5.73 Å². The Kier molecular flexibility index (Phi) is 2.42. The topological polar surface area (TPSA) is 64.7 Å². The summed E-state index contributed by atoms with van der Waals surface area (Å²) in [7, 11) is 0. The van der Waals surface area contributed by atoms with Gasteiger partial charge in [-0.15, -0.1) is 0 Å². The third kappa shape index (κ3) is 1.67. The van der Waals surface area contributed by atoms with Gasteiger partial charge in [0.15, 0.2) is 23.1 Å². The molecule has 0 aromatic heterocycles. The summed E-state index contributed by atoms with van der Waals surface area (Å²) >= 11 is 0. The molecule has 1 aliphatic rings. The van der Waals surface area contributed by atoms with E-state index in [1.165, 1.54) is 0 Å². The molecule has 0 atom stereocenters. The summed E-state index contributed by atoms with van der Waals surface area (Å²) in [5.74, 6) is -0.609. The number of benzene rings is 1. The first-order chi connectivity index (χ1) is 7.41. The zero-order valence-electron chi connectivity index (χ0n) is 9.21. The highest BCUT2D eigenvalue weighted by molar-refractivity contribution is 5.57. The van der Waals surface area contributed by atoms with Crippen molar-refractivity contribution in [3.8, 4) is 17.2 Å². The summed E-state index contributed by atoms with van der Waals surface area (Å²) in [5, 5.41) is 9.70. The van der Waals surface area contributed by atoms with Crippen molar-refractivity contribution in [1.82, 2.24) is 0 Å². The second kappa shape index (κ2) is 3.52. The number of phenols is 1. The van der Waals surface area contributed by atoms with Crippen LogP contribution in [0.1, 0.15) is 19.4 Å². The molecule has 0 amide bonds. The van der Waals surface area contributed by atoms with Crippen LogP contribution in [0.3, 0.4) is 0 Å². The molecular weight excluding hydrogens is 213 g/mol. The number of rotatable bonds is 1. The van der Waals surface area contributed by atoms with Gasteiger partial charge in [0.1, 0.15) is 13.2 Å². The van der Waals surface area contributed by atoms with Crippen LogP contribution >= 0.6 is 0 Å². The van der Waals surface area contributed by atoms with Gasteiger partial charge in [-0.3, -0.25) is 0 Å². The second-order valence-corrected chi connectivity index (χ2v) is 4.33. The Morgan fingerprint density at radius 2 is 2.00 bits per heavy atom. The Morgan fingerprint density at radius 3 is 2.62 bits per heavy atom. The average Bonchev–Trinajstić information content (AvgIpc) is 2.17. The maximum absolute atomic E-state index is 13.5. The van der Waals surface area contributed by atoms with Gasteiger partial charge in [0.25, 0.3) is 0 Å². The van der Waals surface area contributed by atoms with Crippen molar-refractivity contribution in [2.75, 3.05) is 13.2 Å². The smallest absolute Gasteiger partial charge is 0.170 e. The molecule has 1 aromatic carbocycles. The molecular formula is C11H14FNO3. The highest BCUT2D eigenvalue weighted by Crippen LogP contribution is 2.45. The molecule has 3 N–H and O–H groups in total. The molecule has 4 nitrogen and oxygen atoms in total. The van der Waals surface area contributed by atoms with E-state index in [0.29, 0.717) is 19.0 Å². The predicted molar refractivity (Wildman–Crippen MR) is 56.3 cm³/mol. The summed E-state index contributed by atoms with van der Waals surface area (Å²) in [6.45, 7) is 4.06. The third-order valence-electron chi connectivity index (χ3n) is 2.40. The number of hydrogen-bond acceptors (Lipinski definition) is 4. The minimum Gasteiger partial charge on any atom is -0.504 e. The molecule has 1 aromatic rings. The minimum atomic E-state index is -0.906. The van der Waals surface area contributed by atoms with Crippen LogP contribution < -0.4 is 15.2 Å². The summed E-state index contributed by atoms with van der Waals surface area (Å²) in [6, 6.07) is 1.11. The Morgan fingerprint density at radius 1 is 1.38 bits per heavy atom. The summed E-state index contributed by atoms with van der Waals surface area (Å²) in [4.78, 5) is 0. The van der Waals surface area contributed by atoms with E-state index < -0.39 is 17.1 Å². The number of ether oxygens (including phenoxy) is 2. The second-order valence-electron chi connectivity index (χ2n) is 4.33. The maximum Gasteiger partial charge on any atom is 0.170 e. The SMILES string of the molecule is CC(C)(N)c1c(O)c(F)cc2c1OCCO2. The molecule has 88 valence electrons. The molecule has 1 heterocycles. The van der Waals surface area contributed by atoms with Crippen molar-refractivity contribution in [3.63, 3.8) is 0 Å². The lowest BCUT2D eigenvalue weighted by atomic mass is 9.93. The van der Waals surface area contributed by atoms with E-state index in [2.05, 4.69) is 0 Å². The lowest BCUT2D eigenvalue weighted by Gasteiger charge is -2.28. The van der Waals surface area contributed by atoms with Crippen molar-refractivity contribution in [2.45, 2.75) is 19.4 Å². The van der Waals surface area contributed by atoms with Gasteiger partial charge in [-0.25, -0.2) is 4.39 Å². The van der Waals surface area contributed by atoms with Crippen molar-refractivity contribution in [1.29, 1.82) is 0 Å². The van der Waals surface area contributed by atoms with Crippen LogP contribution in [-0.4, -0.2) is 18.3 Å². The normalized spacial score (nSPS) is 15.0. The van der Waals surface area contributed by atoms with E-state index in [1.54, 1.807) is 13.8 Å². The molecule has 2 rings (SSSR count). The molecule has 0 saturated carbocycles. The zero-order chi connectivity index (χ0) is 11.9. The third-order valence-corrected chi connectivity index (χ3v) is 2.40. The molecule has 0 aliphatic carbocycles. The lowest BCUT2D eigenvalue weighted by molar-refractivity contribution is 0.165. The van der Waals surface area contributed by atoms with Crippen LogP contribution in [0.4, 0.5) is 4.39 Å². The van der Waals surface area contributed by atoms with E-state index in [4.69, 9.17) is 15.2 Å². The number of hydrogen-bond donors (Lipinski definition) is 2. The predicted octanol–water partition coefficient (Wildman–Crippen LogP) is 1.50. The molecule has 5 heteroatoms. The highest BCUT2D eigenvalue weighted by Gasteiger charge is 2.30. The molecule has 0 unspecified atom stereocenters. The Labute approximate surface area is 92.8 Å². The van der Waals surface area contributed by atoms with Gasteiger partial charge in [-0.1, -0.05) is 0 Å². The molecule has 0 spiro atoms. The van der Waals surface area contributed by atoms with Gasteiger partial charge in [0, 0.05) is 11.6 Å². The summed E-state index contributed by atoms with van der Waals surface area (Å²) in [6.07, 6.45) is 0. The van der Waals surface area contributed by atoms with E-state index >= 15 is 0 Å². The first-order valence-electron chi connectivity index (χ1n) is 5.01. The molecule has 0 fully saturated rings. The standard InChI is InChI=1S/C11H14FNO3/c1-11(2,13)8-9(14)6(12)5-7-10(8)16-4-3-15-7/h5,14H,3-4,13H2,1-2H3. The zero-order valence-corrected chi connectivity index (χ0v) is 9.21. The first-order valence-corrected chi connectivity index (χ1v) is 5.01. The van der Waals surface area contributed by atoms with Crippen molar-refractivity contribution in [3.05, 3.63) is 17.4 Å². The number of phenolic OH excluding ortho intramolecular Hbond substituents is 1. The lowest BCUT2D eigenvalue weighted by Crippen LogP contribution is -2.31. The molecule has 16 heavy (non-hydrogen) atoms. The Bertz CT molecular complexity index is 426. The first kappa shape index (κ1) is 11.0. The fourth-order valence-corrected chi connectivity index (χ4v) is 1.74. The van der Waals surface area contributed by atoms with Gasteiger partial charge in [-0.05, 0) is 13.8 Å². The molecule has 0 bridgehead atoms. The number of aromatic hydroxyl groups is 1. The largest absolute Gasteiger partial charge is 0.504 e. The summed E-state index contributed by atoms with van der Waals surface area (Å²) < 4.78 is 24.1. The number of nitrogens with two attached hydrogens (primary N) is 1. The van der Waals surface area contributed by atoms with Crippen LogP contribution in [0.25, 0.3) is 0 Å². The summed E-state index contributed by atoms with van der Waals surface area (Å²) in [5.41, 5.74) is 5.22. The minimum absolute atomic E-state index is 0.238. The Hall–Kier alpha value is -1.49. The van der Waals surface area contributed by atoms with Crippen LogP contribution in [0.2, 0.25) is 0 Å². The van der Waals surface area contributed by atoms with Crippen molar-refractivity contribution >= 4 is 0 Å². The van der Waals surface area contributed by atoms with E-state index in [-0.39, 0.29) is 11.3 Å². The van der Waals surface area contributed by atoms with Crippen LogP contribution in [-0.2, 0) is 5.54 Å². The highest BCUT2D eigenvalue weighted by atomic mass is 19.1. The van der Waals surface area contributed by atoms with Crippen molar-refractivity contribution < 1.29 is 19.0 Å². The van der Waals surface area contributed by atoms with Gasteiger partial charge in [0.05, 0.1) is 5.56 Å². The molecule has 1 aliphatic heterocycles. The molecule has 0 radical (unpaired) electrons. The fourth-order valence-electron chi connectivity index (χ4n) is 1.74. The average molecular weight is 227 g/mol. The van der Waals surface area contributed by atoms with E-state index in [9.17, 15) is 9.50 Å². The van der Waals surface area contributed by atoms with E-state index in [1.807, 2.05) is 0 Å². The molecule has 0 saturated heterocycles. The van der Waals surface area contributed by atoms with Gasteiger partial charge >= 0.3 is 0 Å². The number of halogens is 1. The Balaban J connectivity index is 2.69. The number of fused-ring (bicyclic) bond motifs is 1. The van der Waals surface area contributed by atoms with Crippen LogP contribution in [0.5, 0.6) is 17.2 Å². The monoisotopic (exact) mass is 227 g/mol. The van der Waals surface area contributed by atoms with Gasteiger partial charge in [-0.2, -0.15) is 0 Å². The van der Waals surface area contributed by atoms with Crippen LogP contribution in [0.15, 0.2) is 6.07 Å². The van der Waals surface area contributed by atoms with E-state index in [0.717, 1.165) is 6.07 Å². The maximum atomic E-state index is 13.5. The van der Waals surface area contributed by atoms with Gasteiger partial charge in [0.2, 0.25) is 0 Å². The van der Waals surface area contributed by atoms with Crippen LogP contribution in [0, 0.1) is 5.82 Å². The fraction of sp³-hybridized carbons (Fsp3) is 0.455. The van der Waals surface area contributed by atoms with Gasteiger partial charge < -0.3 is 20.3 Å². The quantitative estimate of drug-likeness (QED) is 0.763.